The van der Waals surface area contributed by atoms with E-state index in [0.717, 1.165) is 12.2 Å². The van der Waals surface area contributed by atoms with Crippen LogP contribution in [0.5, 0.6) is 0 Å². The van der Waals surface area contributed by atoms with Crippen molar-refractivity contribution in [1.29, 1.82) is 0 Å². The van der Waals surface area contributed by atoms with E-state index < -0.39 is 15.6 Å². The van der Waals surface area contributed by atoms with E-state index in [1.807, 2.05) is 32.4 Å². The predicted octanol–water partition coefficient (Wildman–Crippen LogP) is 1.81. The second kappa shape index (κ2) is 6.39. The fourth-order valence-electron chi connectivity index (χ4n) is 2.44. The van der Waals surface area contributed by atoms with Crippen molar-refractivity contribution in [3.63, 3.8) is 0 Å². The van der Waals surface area contributed by atoms with Crippen molar-refractivity contribution < 1.29 is 8.42 Å². The summed E-state index contributed by atoms with van der Waals surface area (Å²) in [7, 11) is -1.62. The lowest BCUT2D eigenvalue weighted by Gasteiger charge is -2.36. The fourth-order valence-corrected chi connectivity index (χ4v) is 3.41. The average molecular weight is 317 g/mol. The summed E-state index contributed by atoms with van der Waals surface area (Å²) in [5.74, 6) is 0.934. The topological polar surface area (TPSA) is 81.0 Å². The molecule has 1 aromatic rings. The van der Waals surface area contributed by atoms with Crippen LogP contribution in [-0.4, -0.2) is 51.8 Å². The molecule has 0 amide bonds. The van der Waals surface area contributed by atoms with Gasteiger partial charge in [0.2, 0.25) is 10.0 Å². The molecule has 1 rings (SSSR count). The second-order valence-electron chi connectivity index (χ2n) is 6.43. The highest BCUT2D eigenvalue weighted by Crippen LogP contribution is 2.32. The molecule has 7 nitrogen and oxygen atoms in total. The minimum absolute atomic E-state index is 0.113. The Morgan fingerprint density at radius 1 is 1.33 bits per heavy atom. The van der Waals surface area contributed by atoms with Crippen molar-refractivity contribution in [3.8, 4) is 0 Å². The van der Waals surface area contributed by atoms with E-state index in [-0.39, 0.29) is 12.0 Å². The van der Waals surface area contributed by atoms with Crippen LogP contribution in [0.1, 0.15) is 65.2 Å². The summed E-state index contributed by atoms with van der Waals surface area (Å²) < 4.78 is 26.8. The first-order chi connectivity index (χ1) is 9.50. The first-order valence-corrected chi connectivity index (χ1v) is 9.07. The number of hydrogen-bond donors (Lipinski definition) is 0. The molecular formula is C13H27N5O2S. The van der Waals surface area contributed by atoms with E-state index in [1.165, 1.54) is 10.6 Å². The largest absolute Gasteiger partial charge is 0.227 e. The van der Waals surface area contributed by atoms with E-state index >= 15 is 0 Å². The zero-order valence-electron chi connectivity index (χ0n) is 14.0. The molecule has 1 heterocycles. The molecule has 0 aliphatic heterocycles. The van der Waals surface area contributed by atoms with Gasteiger partial charge in [-0.3, -0.25) is 0 Å². The van der Waals surface area contributed by atoms with Crippen LogP contribution < -0.4 is 0 Å². The molecule has 0 radical (unpaired) electrons. The van der Waals surface area contributed by atoms with Gasteiger partial charge in [0.25, 0.3) is 0 Å². The molecule has 122 valence electrons. The molecule has 0 aliphatic rings. The number of aromatic nitrogens is 4. The Hall–Kier alpha value is -1.02. The van der Waals surface area contributed by atoms with E-state index in [9.17, 15) is 8.42 Å². The Kier molecular flexibility index (Phi) is 5.49. The second-order valence-corrected chi connectivity index (χ2v) is 8.44. The lowest BCUT2D eigenvalue weighted by atomic mass is 9.88. The highest BCUT2D eigenvalue weighted by Gasteiger charge is 2.34. The number of rotatable bonds is 7. The molecule has 1 atom stereocenters. The van der Waals surface area contributed by atoms with Gasteiger partial charge in [-0.1, -0.05) is 6.92 Å². The molecule has 0 saturated heterocycles. The maximum Gasteiger partial charge on any atom is 0.211 e. The van der Waals surface area contributed by atoms with Crippen LogP contribution in [0.2, 0.25) is 0 Å². The molecule has 1 aromatic heterocycles. The predicted molar refractivity (Wildman–Crippen MR) is 82.5 cm³/mol. The van der Waals surface area contributed by atoms with E-state index in [1.54, 1.807) is 7.05 Å². The zero-order chi connectivity index (χ0) is 16.4. The molecular weight excluding hydrogens is 290 g/mol. The third-order valence-corrected chi connectivity index (χ3v) is 5.45. The summed E-state index contributed by atoms with van der Waals surface area (Å²) in [5.41, 5.74) is -0.498. The van der Waals surface area contributed by atoms with Gasteiger partial charge in [-0.25, -0.2) is 13.1 Å². The summed E-state index contributed by atoms with van der Waals surface area (Å²) in [6, 6.07) is 0.180. The van der Waals surface area contributed by atoms with E-state index in [2.05, 4.69) is 22.4 Å². The summed E-state index contributed by atoms with van der Waals surface area (Å²) in [6.07, 6.45) is 2.75. The molecule has 8 heteroatoms. The van der Waals surface area contributed by atoms with Gasteiger partial charge in [-0.2, -0.15) is 4.31 Å². The lowest BCUT2D eigenvalue weighted by Crippen LogP contribution is -2.45. The third kappa shape index (κ3) is 4.23. The quantitative estimate of drug-likeness (QED) is 0.766. The van der Waals surface area contributed by atoms with Crippen LogP contribution in [0.25, 0.3) is 0 Å². The van der Waals surface area contributed by atoms with Crippen LogP contribution in [-0.2, 0) is 10.0 Å². The Labute approximate surface area is 127 Å². The van der Waals surface area contributed by atoms with Crippen molar-refractivity contribution in [2.45, 2.75) is 65.0 Å². The third-order valence-electron chi connectivity index (χ3n) is 3.96. The molecule has 0 spiro atoms. The molecule has 0 aliphatic carbocycles. The molecule has 0 bridgehead atoms. The van der Waals surface area contributed by atoms with Crippen molar-refractivity contribution in [2.24, 2.45) is 0 Å². The summed E-state index contributed by atoms with van der Waals surface area (Å²) in [5, 5.41) is 11.9. The molecule has 0 N–H and O–H groups in total. The monoisotopic (exact) mass is 317 g/mol. The van der Waals surface area contributed by atoms with Gasteiger partial charge < -0.3 is 0 Å². The van der Waals surface area contributed by atoms with Crippen LogP contribution in [0.15, 0.2) is 0 Å². The molecule has 21 heavy (non-hydrogen) atoms. The summed E-state index contributed by atoms with van der Waals surface area (Å²) in [6.45, 7) is 9.99. The van der Waals surface area contributed by atoms with Gasteiger partial charge in [0.1, 0.15) is 0 Å². The Morgan fingerprint density at radius 3 is 2.33 bits per heavy atom. The highest BCUT2D eigenvalue weighted by molar-refractivity contribution is 7.88. The van der Waals surface area contributed by atoms with Gasteiger partial charge >= 0.3 is 0 Å². The fraction of sp³-hybridized carbons (Fsp3) is 0.923. The molecule has 1 unspecified atom stereocenters. The van der Waals surface area contributed by atoms with Crippen LogP contribution in [0.4, 0.5) is 0 Å². The zero-order valence-corrected chi connectivity index (χ0v) is 14.8. The summed E-state index contributed by atoms with van der Waals surface area (Å²) >= 11 is 0. The maximum absolute atomic E-state index is 11.8. The van der Waals surface area contributed by atoms with E-state index in [0.29, 0.717) is 6.42 Å². The average Bonchev–Trinajstić information content (AvgIpc) is 2.83. The normalized spacial score (nSPS) is 14.9. The van der Waals surface area contributed by atoms with Crippen molar-refractivity contribution >= 4 is 10.0 Å². The number of nitrogens with zero attached hydrogens (tertiary/aromatic N) is 5. The van der Waals surface area contributed by atoms with Crippen molar-refractivity contribution in [3.05, 3.63) is 5.82 Å². The van der Waals surface area contributed by atoms with Crippen molar-refractivity contribution in [1.82, 2.24) is 24.5 Å². The number of hydrogen-bond acceptors (Lipinski definition) is 5. The Balaban J connectivity index is 3.04. The minimum atomic E-state index is -3.23. The van der Waals surface area contributed by atoms with E-state index in [4.69, 9.17) is 0 Å². The highest BCUT2D eigenvalue weighted by atomic mass is 32.2. The number of tetrazole rings is 1. The SMILES string of the molecule is CCC(CC(C)(C)N(C)S(C)(=O)=O)c1nnnn1C(C)C. The van der Waals surface area contributed by atoms with Gasteiger partial charge in [0.05, 0.1) is 12.3 Å². The van der Waals surface area contributed by atoms with Gasteiger partial charge in [-0.15, -0.1) is 5.10 Å². The first-order valence-electron chi connectivity index (χ1n) is 7.22. The number of sulfonamides is 1. The molecule has 0 aromatic carbocycles. The first kappa shape index (κ1) is 18.0. The molecule has 0 saturated carbocycles. The van der Waals surface area contributed by atoms with Gasteiger partial charge in [0.15, 0.2) is 5.82 Å². The Morgan fingerprint density at radius 2 is 1.90 bits per heavy atom. The minimum Gasteiger partial charge on any atom is -0.227 e. The smallest absolute Gasteiger partial charge is 0.211 e. The lowest BCUT2D eigenvalue weighted by molar-refractivity contribution is 0.226. The van der Waals surface area contributed by atoms with Crippen LogP contribution in [0.3, 0.4) is 0 Å². The molecule has 0 fully saturated rings. The van der Waals surface area contributed by atoms with Crippen LogP contribution in [0, 0.1) is 0 Å². The summed E-state index contributed by atoms with van der Waals surface area (Å²) in [4.78, 5) is 0. The van der Waals surface area contributed by atoms with Gasteiger partial charge in [-0.05, 0) is 51.0 Å². The van der Waals surface area contributed by atoms with Crippen molar-refractivity contribution in [2.75, 3.05) is 13.3 Å². The maximum atomic E-state index is 11.8. The van der Waals surface area contributed by atoms with Crippen LogP contribution >= 0.6 is 0 Å². The standard InChI is InChI=1S/C13H27N5O2S/c1-8-11(12-14-15-16-18(12)10(2)3)9-13(4,5)17(6)21(7,19)20/h10-11H,8-9H2,1-7H3. The van der Waals surface area contributed by atoms with Gasteiger partial charge in [0, 0.05) is 18.5 Å². The Bertz CT molecular complexity index is 565.